The maximum Gasteiger partial charge on any atom is 0.209 e. The van der Waals surface area contributed by atoms with Crippen LogP contribution in [0.1, 0.15) is 40.1 Å². The van der Waals surface area contributed by atoms with Gasteiger partial charge in [-0.15, -0.1) is 0 Å². The molecule has 1 aliphatic heterocycles. The molecule has 0 radical (unpaired) electrons. The van der Waals surface area contributed by atoms with Crippen LogP contribution in [0.25, 0.3) is 0 Å². The van der Waals surface area contributed by atoms with Crippen LogP contribution in [0.5, 0.6) is 0 Å². The number of rotatable bonds is 5. The Hall–Kier alpha value is -1.70. The van der Waals surface area contributed by atoms with Crippen molar-refractivity contribution < 1.29 is 8.42 Å². The lowest BCUT2D eigenvalue weighted by Crippen LogP contribution is -2.23. The van der Waals surface area contributed by atoms with E-state index in [1.54, 1.807) is 0 Å². The number of hydrogen-bond acceptors (Lipinski definition) is 4. The van der Waals surface area contributed by atoms with Crippen LogP contribution in [-0.2, 0) is 36.2 Å². The van der Waals surface area contributed by atoms with E-state index in [1.807, 2.05) is 10.7 Å². The number of aryl methyl sites for hydroxylation is 4. The van der Waals surface area contributed by atoms with Crippen molar-refractivity contribution in [2.45, 2.75) is 53.4 Å². The molecule has 2 heterocycles. The van der Waals surface area contributed by atoms with E-state index in [1.165, 1.54) is 28.5 Å². The second-order valence-corrected chi connectivity index (χ2v) is 9.20. The van der Waals surface area contributed by atoms with Gasteiger partial charge in [-0.2, -0.15) is 5.10 Å². The average molecular weight is 377 g/mol. The lowest BCUT2D eigenvalue weighted by Gasteiger charge is -2.21. The first-order chi connectivity index (χ1) is 12.2. The summed E-state index contributed by atoms with van der Waals surface area (Å²) in [4.78, 5) is 2.45. The topological polar surface area (TPSA) is 67.2 Å². The summed E-state index contributed by atoms with van der Waals surface area (Å²) in [5.41, 5.74) is 7.30. The van der Waals surface area contributed by atoms with Crippen molar-refractivity contribution in [1.29, 1.82) is 0 Å². The van der Waals surface area contributed by atoms with Crippen LogP contribution in [0.4, 0.5) is 0 Å². The summed E-state index contributed by atoms with van der Waals surface area (Å²) in [6.07, 6.45) is 2.21. The van der Waals surface area contributed by atoms with Crippen molar-refractivity contribution in [3.05, 3.63) is 51.8 Å². The van der Waals surface area contributed by atoms with E-state index < -0.39 is 10.0 Å². The zero-order chi connectivity index (χ0) is 18.9. The molecule has 0 bridgehead atoms. The van der Waals surface area contributed by atoms with Crippen molar-refractivity contribution in [3.63, 3.8) is 0 Å². The highest BCUT2D eigenvalue weighted by Crippen LogP contribution is 2.20. The van der Waals surface area contributed by atoms with Crippen LogP contribution in [-0.4, -0.2) is 35.9 Å². The molecule has 3 rings (SSSR count). The van der Waals surface area contributed by atoms with Gasteiger partial charge in [0, 0.05) is 26.2 Å². The predicted molar refractivity (Wildman–Crippen MR) is 103 cm³/mol. The fourth-order valence-corrected chi connectivity index (χ4v) is 3.86. The van der Waals surface area contributed by atoms with E-state index in [9.17, 15) is 8.42 Å². The summed E-state index contributed by atoms with van der Waals surface area (Å²) in [7, 11) is -3.20. The van der Waals surface area contributed by atoms with Crippen LogP contribution in [0.3, 0.4) is 0 Å². The number of hydrogen-bond donors (Lipinski definition) is 1. The minimum Gasteiger partial charge on any atom is -0.293 e. The molecular formula is C19H28N4O2S. The molecule has 0 atom stereocenters. The highest BCUT2D eigenvalue weighted by Gasteiger charge is 2.18. The van der Waals surface area contributed by atoms with Crippen LogP contribution in [0.15, 0.2) is 18.2 Å². The van der Waals surface area contributed by atoms with E-state index in [0.29, 0.717) is 0 Å². The van der Waals surface area contributed by atoms with Gasteiger partial charge in [-0.05, 0) is 55.5 Å². The van der Waals surface area contributed by atoms with Gasteiger partial charge in [-0.25, -0.2) is 13.1 Å². The number of benzene rings is 1. The first-order valence-corrected chi connectivity index (χ1v) is 10.9. The van der Waals surface area contributed by atoms with Gasteiger partial charge in [0.15, 0.2) is 0 Å². The second-order valence-electron chi connectivity index (χ2n) is 7.37. The van der Waals surface area contributed by atoms with Crippen LogP contribution in [0, 0.1) is 20.8 Å². The Balaban J connectivity index is 1.73. The number of aromatic nitrogens is 2. The summed E-state index contributed by atoms with van der Waals surface area (Å²) in [6.45, 7) is 10.4. The number of sulfonamides is 1. The number of nitrogens with zero attached hydrogens (tertiary/aromatic N) is 3. The third kappa shape index (κ3) is 4.72. The molecule has 0 saturated heterocycles. The zero-order valence-electron chi connectivity index (χ0n) is 16.0. The zero-order valence-corrected chi connectivity index (χ0v) is 16.9. The Morgan fingerprint density at radius 3 is 2.54 bits per heavy atom. The average Bonchev–Trinajstić information content (AvgIpc) is 2.82. The quantitative estimate of drug-likeness (QED) is 0.869. The van der Waals surface area contributed by atoms with Gasteiger partial charge in [-0.1, -0.05) is 12.1 Å². The molecule has 1 aromatic carbocycles. The van der Waals surface area contributed by atoms with Crippen molar-refractivity contribution >= 4 is 10.0 Å². The van der Waals surface area contributed by atoms with Gasteiger partial charge in [0.05, 0.1) is 24.2 Å². The lowest BCUT2D eigenvalue weighted by atomic mass is 10.0. The minimum absolute atomic E-state index is 0.245. The van der Waals surface area contributed by atoms with E-state index in [2.05, 4.69) is 47.6 Å². The van der Waals surface area contributed by atoms with Crippen molar-refractivity contribution in [2.24, 2.45) is 0 Å². The van der Waals surface area contributed by atoms with E-state index >= 15 is 0 Å². The van der Waals surface area contributed by atoms with Gasteiger partial charge in [0.1, 0.15) is 0 Å². The molecule has 6 nitrogen and oxygen atoms in total. The Kier molecular flexibility index (Phi) is 5.50. The maximum absolute atomic E-state index is 11.3. The SMILES string of the molecule is Cc1cc(C)c(CN2CCCn3nc(CNS(C)(=O)=O)cc3C2)cc1C. The predicted octanol–water partition coefficient (Wildman–Crippen LogP) is 2.26. The van der Waals surface area contributed by atoms with E-state index in [-0.39, 0.29) is 6.54 Å². The summed E-state index contributed by atoms with van der Waals surface area (Å²) >= 11 is 0. The van der Waals surface area contributed by atoms with Crippen molar-refractivity contribution in [1.82, 2.24) is 19.4 Å². The molecule has 1 aromatic heterocycles. The molecule has 2 aromatic rings. The monoisotopic (exact) mass is 376 g/mol. The molecule has 0 spiro atoms. The molecular weight excluding hydrogens is 348 g/mol. The Bertz CT molecular complexity index is 903. The number of nitrogens with one attached hydrogen (secondary N) is 1. The van der Waals surface area contributed by atoms with E-state index in [0.717, 1.165) is 44.0 Å². The van der Waals surface area contributed by atoms with Gasteiger partial charge < -0.3 is 0 Å². The fourth-order valence-electron chi connectivity index (χ4n) is 3.45. The smallest absolute Gasteiger partial charge is 0.209 e. The molecule has 1 N–H and O–H groups in total. The molecule has 0 aliphatic carbocycles. The standard InChI is InChI=1S/C19H28N4O2S/c1-14-8-16(3)17(9-15(14)2)12-22-6-5-7-23-19(13-22)10-18(21-23)11-20-26(4,24)25/h8-10,20H,5-7,11-13H2,1-4H3. The molecule has 1 aliphatic rings. The third-order valence-corrected chi connectivity index (χ3v) is 5.67. The molecule has 7 heteroatoms. The Morgan fingerprint density at radius 2 is 1.81 bits per heavy atom. The normalized spacial score (nSPS) is 15.7. The van der Waals surface area contributed by atoms with Crippen LogP contribution in [0.2, 0.25) is 0 Å². The third-order valence-electron chi connectivity index (χ3n) is 5.01. The molecule has 0 unspecified atom stereocenters. The first-order valence-electron chi connectivity index (χ1n) is 9.00. The van der Waals surface area contributed by atoms with Gasteiger partial charge in [0.25, 0.3) is 0 Å². The van der Waals surface area contributed by atoms with Crippen molar-refractivity contribution in [3.8, 4) is 0 Å². The molecule has 142 valence electrons. The molecule has 0 saturated carbocycles. The van der Waals surface area contributed by atoms with Crippen LogP contribution >= 0.6 is 0 Å². The van der Waals surface area contributed by atoms with E-state index in [4.69, 9.17) is 0 Å². The summed E-state index contributed by atoms with van der Waals surface area (Å²) in [6, 6.07) is 6.58. The highest BCUT2D eigenvalue weighted by molar-refractivity contribution is 7.88. The number of fused-ring (bicyclic) bond motifs is 1. The van der Waals surface area contributed by atoms with Gasteiger partial charge in [0.2, 0.25) is 10.0 Å². The minimum atomic E-state index is -3.20. The molecule has 0 fully saturated rings. The van der Waals surface area contributed by atoms with Crippen molar-refractivity contribution in [2.75, 3.05) is 12.8 Å². The maximum atomic E-state index is 11.3. The highest BCUT2D eigenvalue weighted by atomic mass is 32.2. The van der Waals surface area contributed by atoms with Crippen LogP contribution < -0.4 is 4.72 Å². The Morgan fingerprint density at radius 1 is 1.08 bits per heavy atom. The molecule has 26 heavy (non-hydrogen) atoms. The fraction of sp³-hybridized carbons (Fsp3) is 0.526. The van der Waals surface area contributed by atoms with Gasteiger partial charge in [-0.3, -0.25) is 9.58 Å². The second kappa shape index (κ2) is 7.50. The Labute approximate surface area is 156 Å². The summed E-state index contributed by atoms with van der Waals surface area (Å²) in [5.74, 6) is 0. The summed E-state index contributed by atoms with van der Waals surface area (Å²) in [5, 5.41) is 4.56. The lowest BCUT2D eigenvalue weighted by molar-refractivity contribution is 0.260. The summed E-state index contributed by atoms with van der Waals surface area (Å²) < 4.78 is 27.1. The first kappa shape index (κ1) is 19.1. The molecule has 0 amide bonds. The van der Waals surface area contributed by atoms with Gasteiger partial charge >= 0.3 is 0 Å². The largest absolute Gasteiger partial charge is 0.293 e.